The standard InChI is InChI=1S/C16H30O/c1-4-6-7-8-11-15(10-5-2)16-12-9-13-17-14(16)3/h15H,4-13H2,1-3H3. The average molecular weight is 238 g/mol. The second-order valence-electron chi connectivity index (χ2n) is 5.37. The first-order valence-corrected chi connectivity index (χ1v) is 7.62. The van der Waals surface area contributed by atoms with Crippen LogP contribution in [0.4, 0.5) is 0 Å². The quantitative estimate of drug-likeness (QED) is 0.510. The molecule has 0 radical (unpaired) electrons. The van der Waals surface area contributed by atoms with Crippen LogP contribution in [-0.4, -0.2) is 6.61 Å². The second-order valence-corrected chi connectivity index (χ2v) is 5.37. The Hall–Kier alpha value is -0.460. The lowest BCUT2D eigenvalue weighted by Crippen LogP contribution is -2.13. The van der Waals surface area contributed by atoms with Crippen LogP contribution in [0, 0.1) is 5.92 Å². The van der Waals surface area contributed by atoms with Crippen molar-refractivity contribution in [3.8, 4) is 0 Å². The monoisotopic (exact) mass is 238 g/mol. The molecule has 0 spiro atoms. The largest absolute Gasteiger partial charge is 0.498 e. The summed E-state index contributed by atoms with van der Waals surface area (Å²) in [6, 6.07) is 0. The third-order valence-electron chi connectivity index (χ3n) is 3.90. The molecule has 0 bridgehead atoms. The smallest absolute Gasteiger partial charge is 0.0923 e. The lowest BCUT2D eigenvalue weighted by atomic mass is 9.85. The van der Waals surface area contributed by atoms with E-state index >= 15 is 0 Å². The molecule has 0 aromatic heterocycles. The Kier molecular flexibility index (Phi) is 7.39. The number of unbranched alkanes of at least 4 members (excludes halogenated alkanes) is 3. The first-order valence-electron chi connectivity index (χ1n) is 7.62. The molecule has 0 saturated heterocycles. The molecule has 100 valence electrons. The highest BCUT2D eigenvalue weighted by Crippen LogP contribution is 2.32. The van der Waals surface area contributed by atoms with E-state index in [4.69, 9.17) is 4.74 Å². The van der Waals surface area contributed by atoms with E-state index in [0.717, 1.165) is 12.5 Å². The van der Waals surface area contributed by atoms with Gasteiger partial charge in [0.25, 0.3) is 0 Å². The van der Waals surface area contributed by atoms with Crippen LogP contribution in [0.3, 0.4) is 0 Å². The zero-order valence-electron chi connectivity index (χ0n) is 12.1. The molecule has 1 aliphatic rings. The maximum Gasteiger partial charge on any atom is 0.0923 e. The van der Waals surface area contributed by atoms with E-state index in [1.807, 2.05) is 0 Å². The minimum atomic E-state index is 0.803. The van der Waals surface area contributed by atoms with E-state index in [9.17, 15) is 0 Å². The molecule has 1 nitrogen and oxygen atoms in total. The Balaban J connectivity index is 2.46. The fourth-order valence-corrected chi connectivity index (χ4v) is 2.91. The van der Waals surface area contributed by atoms with E-state index < -0.39 is 0 Å². The van der Waals surface area contributed by atoms with Gasteiger partial charge in [-0.1, -0.05) is 46.0 Å². The van der Waals surface area contributed by atoms with Gasteiger partial charge < -0.3 is 4.74 Å². The molecule has 1 unspecified atom stereocenters. The summed E-state index contributed by atoms with van der Waals surface area (Å²) in [6.45, 7) is 7.69. The van der Waals surface area contributed by atoms with Crippen molar-refractivity contribution in [3.05, 3.63) is 11.3 Å². The Morgan fingerprint density at radius 2 is 1.88 bits per heavy atom. The van der Waals surface area contributed by atoms with Crippen molar-refractivity contribution in [2.24, 2.45) is 5.92 Å². The van der Waals surface area contributed by atoms with Gasteiger partial charge in [0.15, 0.2) is 0 Å². The highest BCUT2D eigenvalue weighted by Gasteiger charge is 2.19. The van der Waals surface area contributed by atoms with Crippen molar-refractivity contribution in [2.45, 2.75) is 78.6 Å². The van der Waals surface area contributed by atoms with E-state index in [1.165, 1.54) is 63.5 Å². The van der Waals surface area contributed by atoms with Gasteiger partial charge >= 0.3 is 0 Å². The SMILES string of the molecule is CCCCCCC(CCC)C1=C(C)OCCC1. The summed E-state index contributed by atoms with van der Waals surface area (Å²) in [5.41, 5.74) is 1.63. The summed E-state index contributed by atoms with van der Waals surface area (Å²) < 4.78 is 5.72. The summed E-state index contributed by atoms with van der Waals surface area (Å²) >= 11 is 0. The minimum Gasteiger partial charge on any atom is -0.498 e. The van der Waals surface area contributed by atoms with Gasteiger partial charge in [-0.3, -0.25) is 0 Å². The molecule has 1 atom stereocenters. The molecule has 1 heterocycles. The van der Waals surface area contributed by atoms with Crippen LogP contribution >= 0.6 is 0 Å². The summed E-state index contributed by atoms with van der Waals surface area (Å²) in [7, 11) is 0. The number of rotatable bonds is 8. The number of allylic oxidation sites excluding steroid dienone is 2. The molecule has 0 aliphatic carbocycles. The zero-order chi connectivity index (χ0) is 12.5. The Labute approximate surface area is 108 Å². The molecule has 0 fully saturated rings. The summed E-state index contributed by atoms with van der Waals surface area (Å²) in [6.07, 6.45) is 12.1. The summed E-state index contributed by atoms with van der Waals surface area (Å²) in [5.74, 6) is 2.04. The molecular weight excluding hydrogens is 208 g/mol. The first-order chi connectivity index (χ1) is 8.29. The number of hydrogen-bond donors (Lipinski definition) is 0. The van der Waals surface area contributed by atoms with Crippen LogP contribution < -0.4 is 0 Å². The first kappa shape index (κ1) is 14.6. The molecule has 0 saturated carbocycles. The van der Waals surface area contributed by atoms with E-state index in [2.05, 4.69) is 20.8 Å². The van der Waals surface area contributed by atoms with Crippen molar-refractivity contribution in [2.75, 3.05) is 6.61 Å². The molecule has 1 heteroatoms. The third kappa shape index (κ3) is 5.14. The van der Waals surface area contributed by atoms with Crippen LogP contribution in [0.25, 0.3) is 0 Å². The van der Waals surface area contributed by atoms with E-state index in [1.54, 1.807) is 5.57 Å². The van der Waals surface area contributed by atoms with Crippen LogP contribution in [-0.2, 0) is 4.74 Å². The van der Waals surface area contributed by atoms with Crippen LogP contribution in [0.1, 0.15) is 78.6 Å². The molecular formula is C16H30O. The van der Waals surface area contributed by atoms with Gasteiger partial charge in [0.05, 0.1) is 12.4 Å². The molecule has 0 aromatic rings. The zero-order valence-corrected chi connectivity index (χ0v) is 12.1. The average Bonchev–Trinajstić information content (AvgIpc) is 2.34. The highest BCUT2D eigenvalue weighted by atomic mass is 16.5. The topological polar surface area (TPSA) is 9.23 Å². The van der Waals surface area contributed by atoms with Gasteiger partial charge in [-0.15, -0.1) is 0 Å². The van der Waals surface area contributed by atoms with Crippen molar-refractivity contribution in [1.29, 1.82) is 0 Å². The molecule has 1 rings (SSSR count). The Morgan fingerprint density at radius 3 is 2.53 bits per heavy atom. The van der Waals surface area contributed by atoms with Crippen LogP contribution in [0.5, 0.6) is 0 Å². The summed E-state index contributed by atoms with van der Waals surface area (Å²) in [5, 5.41) is 0. The minimum absolute atomic E-state index is 0.803. The van der Waals surface area contributed by atoms with Crippen LogP contribution in [0.15, 0.2) is 11.3 Å². The predicted octanol–water partition coefficient (Wildman–Crippen LogP) is 5.46. The van der Waals surface area contributed by atoms with Gasteiger partial charge in [-0.2, -0.15) is 0 Å². The highest BCUT2D eigenvalue weighted by molar-refractivity contribution is 5.12. The Bertz CT molecular complexity index is 230. The lowest BCUT2D eigenvalue weighted by molar-refractivity contribution is 0.180. The normalized spacial score (nSPS) is 18.1. The van der Waals surface area contributed by atoms with Crippen LogP contribution in [0.2, 0.25) is 0 Å². The maximum atomic E-state index is 5.72. The molecule has 17 heavy (non-hydrogen) atoms. The fourth-order valence-electron chi connectivity index (χ4n) is 2.91. The van der Waals surface area contributed by atoms with Crippen molar-refractivity contribution >= 4 is 0 Å². The predicted molar refractivity (Wildman–Crippen MR) is 75.0 cm³/mol. The lowest BCUT2D eigenvalue weighted by Gasteiger charge is -2.26. The fraction of sp³-hybridized carbons (Fsp3) is 0.875. The van der Waals surface area contributed by atoms with E-state index in [-0.39, 0.29) is 0 Å². The molecule has 0 N–H and O–H groups in total. The molecule has 0 amide bonds. The summed E-state index contributed by atoms with van der Waals surface area (Å²) in [4.78, 5) is 0. The van der Waals surface area contributed by atoms with E-state index in [0.29, 0.717) is 0 Å². The molecule has 1 aliphatic heterocycles. The van der Waals surface area contributed by atoms with Gasteiger partial charge in [0.2, 0.25) is 0 Å². The van der Waals surface area contributed by atoms with Gasteiger partial charge in [-0.25, -0.2) is 0 Å². The van der Waals surface area contributed by atoms with Crippen molar-refractivity contribution in [3.63, 3.8) is 0 Å². The second kappa shape index (κ2) is 8.60. The van der Waals surface area contributed by atoms with Gasteiger partial charge in [0, 0.05) is 0 Å². The number of hydrogen-bond acceptors (Lipinski definition) is 1. The van der Waals surface area contributed by atoms with Crippen molar-refractivity contribution in [1.82, 2.24) is 0 Å². The number of ether oxygens (including phenoxy) is 1. The van der Waals surface area contributed by atoms with Crippen molar-refractivity contribution < 1.29 is 4.74 Å². The Morgan fingerprint density at radius 1 is 1.06 bits per heavy atom. The van der Waals surface area contributed by atoms with Gasteiger partial charge in [-0.05, 0) is 44.1 Å². The third-order valence-corrected chi connectivity index (χ3v) is 3.90. The van der Waals surface area contributed by atoms with Gasteiger partial charge in [0.1, 0.15) is 0 Å². The molecule has 0 aromatic carbocycles. The maximum absolute atomic E-state index is 5.72.